The largest absolute Gasteiger partial charge is 0.486 e. The average molecular weight is 364 g/mol. The second-order valence-electron chi connectivity index (χ2n) is 6.47. The van der Waals surface area contributed by atoms with Crippen molar-refractivity contribution in [3.05, 3.63) is 40.7 Å². The summed E-state index contributed by atoms with van der Waals surface area (Å²) in [6, 6.07) is 4.17. The molecule has 25 heavy (non-hydrogen) atoms. The SMILES string of the molecule is Cn1cc([C@H]2OCCC[C@@H]2NCc2cc(Cl)c3c(c2)OCCO3)cn1. The summed E-state index contributed by atoms with van der Waals surface area (Å²) >= 11 is 6.33. The van der Waals surface area contributed by atoms with Crippen LogP contribution in [0.5, 0.6) is 11.5 Å². The molecule has 2 aliphatic rings. The van der Waals surface area contributed by atoms with Gasteiger partial charge in [-0.1, -0.05) is 11.6 Å². The standard InChI is InChI=1S/C18H22ClN3O3/c1-22-11-13(10-21-22)17-15(3-2-4-24-17)20-9-12-7-14(19)18-16(8-12)23-5-6-25-18/h7-8,10-11,15,17,20H,2-6,9H2,1H3/t15-,17+/m0/s1. The number of rotatable bonds is 4. The number of aryl methyl sites for hydroxylation is 1. The average Bonchev–Trinajstić information content (AvgIpc) is 3.06. The molecule has 4 rings (SSSR count). The lowest BCUT2D eigenvalue weighted by Gasteiger charge is -2.32. The van der Waals surface area contributed by atoms with E-state index < -0.39 is 0 Å². The predicted octanol–water partition coefficient (Wildman–Crippen LogP) is 2.85. The first-order valence-electron chi connectivity index (χ1n) is 8.62. The first-order chi connectivity index (χ1) is 12.2. The van der Waals surface area contributed by atoms with E-state index in [1.807, 2.05) is 36.3 Å². The Bertz CT molecular complexity index is 749. The molecule has 1 fully saturated rings. The van der Waals surface area contributed by atoms with Gasteiger partial charge in [-0.3, -0.25) is 4.68 Å². The first kappa shape index (κ1) is 16.7. The molecule has 0 spiro atoms. The monoisotopic (exact) mass is 363 g/mol. The molecule has 1 aromatic heterocycles. The zero-order valence-corrected chi connectivity index (χ0v) is 15.0. The van der Waals surface area contributed by atoms with Crippen LogP contribution in [0.1, 0.15) is 30.1 Å². The topological polar surface area (TPSA) is 57.5 Å². The molecule has 2 aromatic rings. The minimum absolute atomic E-state index is 0.0233. The van der Waals surface area contributed by atoms with Crippen LogP contribution >= 0.6 is 11.6 Å². The third-order valence-corrected chi connectivity index (χ3v) is 4.88. The Labute approximate surface area is 152 Å². The fourth-order valence-electron chi connectivity index (χ4n) is 3.42. The van der Waals surface area contributed by atoms with Gasteiger partial charge < -0.3 is 19.5 Å². The molecular weight excluding hydrogens is 342 g/mol. The van der Waals surface area contributed by atoms with Gasteiger partial charge in [0, 0.05) is 38.0 Å². The number of benzene rings is 1. The second kappa shape index (κ2) is 7.23. The van der Waals surface area contributed by atoms with Gasteiger partial charge in [-0.2, -0.15) is 5.10 Å². The molecule has 6 nitrogen and oxygen atoms in total. The Kier molecular flexibility index (Phi) is 4.83. The maximum atomic E-state index is 6.33. The third kappa shape index (κ3) is 3.61. The van der Waals surface area contributed by atoms with Crippen molar-refractivity contribution in [2.75, 3.05) is 19.8 Å². The van der Waals surface area contributed by atoms with Gasteiger partial charge in [0.2, 0.25) is 0 Å². The van der Waals surface area contributed by atoms with Crippen LogP contribution in [0.4, 0.5) is 0 Å². The number of fused-ring (bicyclic) bond motifs is 1. The number of aromatic nitrogens is 2. The van der Waals surface area contributed by atoms with Gasteiger partial charge in [0.05, 0.1) is 11.2 Å². The van der Waals surface area contributed by atoms with Gasteiger partial charge >= 0.3 is 0 Å². The van der Waals surface area contributed by atoms with E-state index in [-0.39, 0.29) is 12.1 Å². The van der Waals surface area contributed by atoms with Crippen LogP contribution in [0, 0.1) is 0 Å². The lowest BCUT2D eigenvalue weighted by atomic mass is 9.98. The molecular formula is C18H22ClN3O3. The highest BCUT2D eigenvalue weighted by Gasteiger charge is 2.28. The Morgan fingerprint density at radius 3 is 3.00 bits per heavy atom. The molecule has 0 aliphatic carbocycles. The van der Waals surface area contributed by atoms with Gasteiger partial charge in [-0.25, -0.2) is 0 Å². The molecule has 1 saturated heterocycles. The lowest BCUT2D eigenvalue weighted by Crippen LogP contribution is -2.39. The van der Waals surface area contributed by atoms with Crippen LogP contribution in [-0.4, -0.2) is 35.6 Å². The van der Waals surface area contributed by atoms with E-state index in [2.05, 4.69) is 10.4 Å². The fraction of sp³-hybridized carbons (Fsp3) is 0.500. The summed E-state index contributed by atoms with van der Waals surface area (Å²) in [7, 11) is 1.92. The van der Waals surface area contributed by atoms with Crippen LogP contribution < -0.4 is 14.8 Å². The highest BCUT2D eigenvalue weighted by atomic mass is 35.5. The molecule has 134 valence electrons. The maximum Gasteiger partial charge on any atom is 0.179 e. The van der Waals surface area contributed by atoms with Crippen LogP contribution in [-0.2, 0) is 18.3 Å². The van der Waals surface area contributed by atoms with E-state index in [9.17, 15) is 0 Å². The van der Waals surface area contributed by atoms with Crippen molar-refractivity contribution in [1.29, 1.82) is 0 Å². The fourth-order valence-corrected chi connectivity index (χ4v) is 3.71. The molecule has 0 unspecified atom stereocenters. The Morgan fingerprint density at radius 2 is 2.16 bits per heavy atom. The minimum atomic E-state index is 0.0233. The van der Waals surface area contributed by atoms with E-state index >= 15 is 0 Å². The molecule has 1 N–H and O–H groups in total. The van der Waals surface area contributed by atoms with Crippen LogP contribution in [0.3, 0.4) is 0 Å². The van der Waals surface area contributed by atoms with Gasteiger partial charge in [0.15, 0.2) is 11.5 Å². The zero-order valence-electron chi connectivity index (χ0n) is 14.2. The van der Waals surface area contributed by atoms with Gasteiger partial charge in [-0.15, -0.1) is 0 Å². The first-order valence-corrected chi connectivity index (χ1v) is 9.00. The zero-order chi connectivity index (χ0) is 17.2. The van der Waals surface area contributed by atoms with Crippen molar-refractivity contribution >= 4 is 11.6 Å². The molecule has 0 saturated carbocycles. The number of hydrogen-bond donors (Lipinski definition) is 1. The number of nitrogens with one attached hydrogen (secondary N) is 1. The molecule has 3 heterocycles. The predicted molar refractivity (Wildman–Crippen MR) is 94.2 cm³/mol. The van der Waals surface area contributed by atoms with Crippen LogP contribution in [0.2, 0.25) is 5.02 Å². The second-order valence-corrected chi connectivity index (χ2v) is 6.88. The highest BCUT2D eigenvalue weighted by molar-refractivity contribution is 6.32. The minimum Gasteiger partial charge on any atom is -0.486 e. The summed E-state index contributed by atoms with van der Waals surface area (Å²) in [5.74, 6) is 1.37. The summed E-state index contributed by atoms with van der Waals surface area (Å²) in [5.41, 5.74) is 2.18. The maximum absolute atomic E-state index is 6.33. The molecule has 7 heteroatoms. The molecule has 0 bridgehead atoms. The van der Waals surface area contributed by atoms with Crippen molar-refractivity contribution in [1.82, 2.24) is 15.1 Å². The Morgan fingerprint density at radius 1 is 1.28 bits per heavy atom. The summed E-state index contributed by atoms with van der Waals surface area (Å²) in [6.45, 7) is 2.57. The van der Waals surface area contributed by atoms with Crippen LogP contribution in [0.25, 0.3) is 0 Å². The van der Waals surface area contributed by atoms with E-state index in [4.69, 9.17) is 25.8 Å². The van der Waals surface area contributed by atoms with E-state index in [0.717, 1.165) is 36.3 Å². The van der Waals surface area contributed by atoms with E-state index in [1.165, 1.54) is 0 Å². The smallest absolute Gasteiger partial charge is 0.179 e. The van der Waals surface area contributed by atoms with Crippen LogP contribution in [0.15, 0.2) is 24.5 Å². The summed E-state index contributed by atoms with van der Waals surface area (Å²) in [6.07, 6.45) is 6.04. The molecule has 2 atom stereocenters. The summed E-state index contributed by atoms with van der Waals surface area (Å²) in [5, 5.41) is 8.47. The molecule has 1 aromatic carbocycles. The molecule has 0 amide bonds. The summed E-state index contributed by atoms with van der Waals surface area (Å²) in [4.78, 5) is 0. The van der Waals surface area contributed by atoms with E-state index in [0.29, 0.717) is 30.5 Å². The normalized spacial score (nSPS) is 22.8. The van der Waals surface area contributed by atoms with E-state index in [1.54, 1.807) is 0 Å². The lowest BCUT2D eigenvalue weighted by molar-refractivity contribution is -0.0112. The third-order valence-electron chi connectivity index (χ3n) is 4.60. The van der Waals surface area contributed by atoms with Crippen molar-refractivity contribution in [2.24, 2.45) is 7.05 Å². The van der Waals surface area contributed by atoms with Gasteiger partial charge in [-0.05, 0) is 30.5 Å². The molecule has 0 radical (unpaired) electrons. The highest BCUT2D eigenvalue weighted by Crippen LogP contribution is 2.38. The number of halogens is 1. The number of ether oxygens (including phenoxy) is 3. The van der Waals surface area contributed by atoms with Crippen molar-refractivity contribution in [2.45, 2.75) is 31.5 Å². The Hall–Kier alpha value is -1.76. The number of nitrogens with zero attached hydrogens (tertiary/aromatic N) is 2. The van der Waals surface area contributed by atoms with Gasteiger partial charge in [0.1, 0.15) is 19.3 Å². The summed E-state index contributed by atoms with van der Waals surface area (Å²) < 4.78 is 19.0. The van der Waals surface area contributed by atoms with Crippen molar-refractivity contribution < 1.29 is 14.2 Å². The molecule has 2 aliphatic heterocycles. The van der Waals surface area contributed by atoms with Crippen molar-refractivity contribution in [3.63, 3.8) is 0 Å². The van der Waals surface area contributed by atoms with Gasteiger partial charge in [0.25, 0.3) is 0 Å². The Balaban J connectivity index is 1.47. The van der Waals surface area contributed by atoms with Crippen molar-refractivity contribution in [3.8, 4) is 11.5 Å². The quantitative estimate of drug-likeness (QED) is 0.905. The number of hydrogen-bond acceptors (Lipinski definition) is 5.